The van der Waals surface area contributed by atoms with Crippen molar-refractivity contribution in [3.63, 3.8) is 0 Å². The van der Waals surface area contributed by atoms with Crippen LogP contribution in [0.1, 0.15) is 46.5 Å². The average molecular weight is 319 g/mol. The van der Waals surface area contributed by atoms with E-state index in [-0.39, 0.29) is 0 Å². The van der Waals surface area contributed by atoms with E-state index in [9.17, 15) is 18.0 Å². The van der Waals surface area contributed by atoms with Crippen molar-refractivity contribution in [3.05, 3.63) is 0 Å². The Labute approximate surface area is 126 Å². The zero-order valence-corrected chi connectivity index (χ0v) is 13.9. The van der Waals surface area contributed by atoms with Crippen molar-refractivity contribution >= 4 is 22.2 Å². The molecule has 2 N–H and O–H groups in total. The highest BCUT2D eigenvalue weighted by Gasteiger charge is 2.50. The first-order chi connectivity index (χ1) is 9.42. The fourth-order valence-corrected chi connectivity index (χ4v) is 4.36. The van der Waals surface area contributed by atoms with Crippen LogP contribution in [-0.2, 0) is 19.4 Å². The molecule has 1 aliphatic rings. The van der Waals surface area contributed by atoms with Crippen LogP contribution in [0.25, 0.3) is 0 Å². The van der Waals surface area contributed by atoms with Gasteiger partial charge >= 0.3 is 6.09 Å². The van der Waals surface area contributed by atoms with Gasteiger partial charge in [-0.2, -0.15) is 0 Å². The molecule has 1 unspecified atom stereocenters. The molecule has 6 nitrogen and oxygen atoms in total. The summed E-state index contributed by atoms with van der Waals surface area (Å²) in [5, 5.41) is -0.431. The Hall–Kier alpha value is -1.11. The lowest BCUT2D eigenvalue weighted by atomic mass is 9.64. The van der Waals surface area contributed by atoms with E-state index >= 15 is 0 Å². The van der Waals surface area contributed by atoms with Gasteiger partial charge in [-0.05, 0) is 25.7 Å². The van der Waals surface area contributed by atoms with Crippen LogP contribution in [-0.4, -0.2) is 38.4 Å². The summed E-state index contributed by atoms with van der Waals surface area (Å²) < 4.78 is 28.5. The highest BCUT2D eigenvalue weighted by atomic mass is 32.2. The minimum absolute atomic E-state index is 0.378. The van der Waals surface area contributed by atoms with Gasteiger partial charge in [-0.15, -0.1) is 0 Å². The molecule has 0 spiro atoms. The van der Waals surface area contributed by atoms with Gasteiger partial charge in [-0.3, -0.25) is 0 Å². The van der Waals surface area contributed by atoms with Crippen molar-refractivity contribution < 1.29 is 22.7 Å². The molecule has 1 atom stereocenters. The largest absolute Gasteiger partial charge is 0.445 e. The Morgan fingerprint density at radius 2 is 1.81 bits per heavy atom. The maximum atomic E-state index is 11.7. The molecular formula is C14H25NO5S. The van der Waals surface area contributed by atoms with Crippen LogP contribution in [0, 0.1) is 10.8 Å². The summed E-state index contributed by atoms with van der Waals surface area (Å²) in [6.45, 7) is 5.61. The molecule has 1 aliphatic carbocycles. The molecule has 1 rings (SSSR count). The minimum atomic E-state index is -3.12. The topological polar surface area (TPSA) is 104 Å². The van der Waals surface area contributed by atoms with Gasteiger partial charge in [0.15, 0.2) is 0 Å². The van der Waals surface area contributed by atoms with E-state index in [1.54, 1.807) is 0 Å². The van der Waals surface area contributed by atoms with E-state index in [4.69, 9.17) is 10.5 Å². The van der Waals surface area contributed by atoms with Gasteiger partial charge in [0.2, 0.25) is 0 Å². The van der Waals surface area contributed by atoms with Crippen LogP contribution in [0.4, 0.5) is 4.79 Å². The van der Waals surface area contributed by atoms with Crippen molar-refractivity contribution in [2.24, 2.45) is 16.6 Å². The molecule has 0 heterocycles. The number of hydrogen-bond donors (Lipinski definition) is 1. The number of nitrogens with two attached hydrogens (primary N) is 1. The monoisotopic (exact) mass is 319 g/mol. The molecule has 1 amide bonds. The number of hydrogen-bond acceptors (Lipinski definition) is 5. The number of amides is 1. The van der Waals surface area contributed by atoms with Crippen LogP contribution >= 0.6 is 0 Å². The van der Waals surface area contributed by atoms with E-state index in [2.05, 4.69) is 0 Å². The Morgan fingerprint density at radius 3 is 2.10 bits per heavy atom. The Bertz CT molecular complexity index is 498. The lowest BCUT2D eigenvalue weighted by molar-refractivity contribution is -0.133. The third-order valence-electron chi connectivity index (χ3n) is 4.25. The summed E-state index contributed by atoms with van der Waals surface area (Å²) in [6, 6.07) is 0. The highest BCUT2D eigenvalue weighted by molar-refractivity contribution is 7.91. The van der Waals surface area contributed by atoms with Crippen LogP contribution < -0.4 is 5.73 Å². The summed E-state index contributed by atoms with van der Waals surface area (Å²) >= 11 is 0. The zero-order valence-electron chi connectivity index (χ0n) is 13.1. The maximum Gasteiger partial charge on any atom is 0.404 e. The molecule has 0 aliphatic heterocycles. The van der Waals surface area contributed by atoms with Gasteiger partial charge in [-0.25, -0.2) is 13.2 Å². The number of carbonyl (C=O) groups excluding carboxylic acids is 2. The second-order valence-electron chi connectivity index (χ2n) is 7.06. The molecule has 1 saturated carbocycles. The van der Waals surface area contributed by atoms with E-state index < -0.39 is 38.1 Å². The van der Waals surface area contributed by atoms with Gasteiger partial charge in [0.05, 0.1) is 10.7 Å². The van der Waals surface area contributed by atoms with Gasteiger partial charge in [0.1, 0.15) is 22.2 Å². The third-order valence-corrected chi connectivity index (χ3v) is 5.93. The van der Waals surface area contributed by atoms with Crippen molar-refractivity contribution in [2.75, 3.05) is 6.26 Å². The van der Waals surface area contributed by atoms with Gasteiger partial charge in [-0.1, -0.05) is 20.8 Å². The van der Waals surface area contributed by atoms with Crippen LogP contribution in [0.2, 0.25) is 0 Å². The standard InChI is InChI=1S/C14H25NO5S/c1-13(2,3)11(20-12(15)17)14(9-16)7-5-10(6-8-14)21(4,18)19/h9-11H,5-8H2,1-4H3,(H2,15,17). The van der Waals surface area contributed by atoms with Crippen molar-refractivity contribution in [1.82, 2.24) is 0 Å². The van der Waals surface area contributed by atoms with Crippen LogP contribution in [0.5, 0.6) is 0 Å². The van der Waals surface area contributed by atoms with Crippen molar-refractivity contribution in [3.8, 4) is 0 Å². The summed E-state index contributed by atoms with van der Waals surface area (Å²) in [7, 11) is -3.12. The lowest BCUT2D eigenvalue weighted by Gasteiger charge is -2.45. The SMILES string of the molecule is CC(C)(C)C(OC(N)=O)C1(C=O)CCC(S(C)(=O)=O)CC1. The molecule has 21 heavy (non-hydrogen) atoms. The summed E-state index contributed by atoms with van der Waals surface area (Å²) in [6.07, 6.45) is 1.99. The quantitative estimate of drug-likeness (QED) is 0.794. The summed E-state index contributed by atoms with van der Waals surface area (Å²) in [5.74, 6) is 0. The van der Waals surface area contributed by atoms with E-state index in [1.807, 2.05) is 20.8 Å². The first-order valence-corrected chi connectivity index (χ1v) is 8.99. The molecular weight excluding hydrogens is 294 g/mol. The molecule has 0 aromatic rings. The Morgan fingerprint density at radius 1 is 1.33 bits per heavy atom. The molecule has 122 valence electrons. The molecule has 7 heteroatoms. The predicted octanol–water partition coefficient (Wildman–Crippen LogP) is 1.67. The number of rotatable bonds is 4. The smallest absolute Gasteiger partial charge is 0.404 e. The van der Waals surface area contributed by atoms with Gasteiger partial charge in [0.25, 0.3) is 0 Å². The summed E-state index contributed by atoms with van der Waals surface area (Å²) in [4.78, 5) is 22.9. The molecule has 0 saturated heterocycles. The molecule has 0 aromatic heterocycles. The van der Waals surface area contributed by atoms with Gasteiger partial charge < -0.3 is 15.3 Å². The molecule has 0 radical (unpaired) electrons. The summed E-state index contributed by atoms with van der Waals surface area (Å²) in [5.41, 5.74) is 3.80. The average Bonchev–Trinajstić information content (AvgIpc) is 2.33. The number of ether oxygens (including phenoxy) is 1. The second kappa shape index (κ2) is 5.94. The number of primary amides is 1. The molecule has 0 bridgehead atoms. The van der Waals surface area contributed by atoms with Crippen LogP contribution in [0.15, 0.2) is 0 Å². The first kappa shape index (κ1) is 17.9. The zero-order chi connectivity index (χ0) is 16.5. The number of sulfone groups is 1. The molecule has 0 aromatic carbocycles. The van der Waals surface area contributed by atoms with E-state index in [0.717, 1.165) is 6.29 Å². The van der Waals surface area contributed by atoms with Crippen molar-refractivity contribution in [2.45, 2.75) is 57.8 Å². The highest BCUT2D eigenvalue weighted by Crippen LogP contribution is 2.46. The van der Waals surface area contributed by atoms with E-state index in [1.165, 1.54) is 6.26 Å². The lowest BCUT2D eigenvalue weighted by Crippen LogP contribution is -2.51. The second-order valence-corrected chi connectivity index (χ2v) is 9.39. The Kier molecular flexibility index (Phi) is 5.08. The van der Waals surface area contributed by atoms with Crippen molar-refractivity contribution in [1.29, 1.82) is 0 Å². The van der Waals surface area contributed by atoms with E-state index in [0.29, 0.717) is 25.7 Å². The Balaban J connectivity index is 3.04. The third kappa shape index (κ3) is 4.18. The van der Waals surface area contributed by atoms with Gasteiger partial charge in [0, 0.05) is 11.7 Å². The first-order valence-electron chi connectivity index (χ1n) is 7.04. The normalized spacial score (nSPS) is 28.7. The fraction of sp³-hybridized carbons (Fsp3) is 0.857. The van der Waals surface area contributed by atoms with Crippen LogP contribution in [0.3, 0.4) is 0 Å². The minimum Gasteiger partial charge on any atom is -0.445 e. The fourth-order valence-electron chi connectivity index (χ4n) is 3.27. The molecule has 1 fully saturated rings. The maximum absolute atomic E-state index is 11.7. The predicted molar refractivity (Wildman–Crippen MR) is 79.5 cm³/mol. The number of aldehydes is 1. The number of carbonyl (C=O) groups is 2.